The van der Waals surface area contributed by atoms with E-state index in [1.807, 2.05) is 21.1 Å². The van der Waals surface area contributed by atoms with Crippen LogP contribution in [0.5, 0.6) is 0 Å². The molecule has 464 valence electrons. The number of quaternary nitrogens is 1. The van der Waals surface area contributed by atoms with Crippen molar-refractivity contribution < 1.29 is 42.9 Å². The summed E-state index contributed by atoms with van der Waals surface area (Å²) in [5.74, 6) is -1.97. The van der Waals surface area contributed by atoms with Crippen molar-refractivity contribution in [3.05, 3.63) is 0 Å². The Morgan fingerprint density at radius 3 is 0.821 bits per heavy atom. The predicted molar refractivity (Wildman–Crippen MR) is 332 cm³/mol. The van der Waals surface area contributed by atoms with Gasteiger partial charge < -0.3 is 28.5 Å². The predicted octanol–water partition coefficient (Wildman–Crippen LogP) is 21.1. The van der Waals surface area contributed by atoms with Gasteiger partial charge in [-0.15, -0.1) is 0 Å². The zero-order chi connectivity index (χ0) is 56.9. The lowest BCUT2D eigenvalue weighted by Gasteiger charge is -2.25. The number of likely N-dealkylation sites (N-methyl/N-ethyl adjacent to an activating group) is 1. The summed E-state index contributed by atoms with van der Waals surface area (Å²) in [5, 5.41) is 9.72. The average molecular weight is 1110 g/mol. The molecule has 0 radical (unpaired) electrons. The first-order valence-corrected chi connectivity index (χ1v) is 34.7. The molecule has 0 saturated carbocycles. The lowest BCUT2D eigenvalue weighted by Crippen LogP contribution is -2.40. The number of ether oxygens (including phenoxy) is 4. The molecule has 0 aliphatic heterocycles. The molecule has 0 aromatic heterocycles. The maximum atomic E-state index is 12.9. The molecule has 0 aromatic rings. The summed E-state index contributed by atoms with van der Waals surface area (Å²) in [7, 11) is 5.99. The summed E-state index contributed by atoms with van der Waals surface area (Å²) in [6, 6.07) is 0. The molecule has 0 spiro atoms. The molecule has 0 saturated heterocycles. The van der Waals surface area contributed by atoms with Gasteiger partial charge in [-0.05, 0) is 12.8 Å². The van der Waals surface area contributed by atoms with Gasteiger partial charge in [0.05, 0.1) is 34.4 Å². The molecule has 0 heterocycles. The first-order valence-electron chi connectivity index (χ1n) is 34.7. The molecule has 9 heteroatoms. The van der Waals surface area contributed by atoms with Gasteiger partial charge in [0, 0.05) is 12.8 Å². The molecule has 0 aliphatic carbocycles. The number of hydrogen-bond acceptors (Lipinski definition) is 7. The number of carboxylic acids is 1. The second-order valence-electron chi connectivity index (χ2n) is 25.2. The van der Waals surface area contributed by atoms with Crippen LogP contribution in [0.15, 0.2) is 0 Å². The van der Waals surface area contributed by atoms with Gasteiger partial charge in [-0.25, -0.2) is 4.79 Å². The zero-order valence-corrected chi connectivity index (χ0v) is 53.1. The molecular weight excluding hydrogens is 971 g/mol. The van der Waals surface area contributed by atoms with E-state index in [0.717, 1.165) is 38.5 Å². The summed E-state index contributed by atoms with van der Waals surface area (Å²) >= 11 is 0. The number of carboxylic acid groups (broad SMARTS) is 1. The Morgan fingerprint density at radius 1 is 0.333 bits per heavy atom. The second-order valence-corrected chi connectivity index (χ2v) is 25.2. The molecule has 0 bridgehead atoms. The first kappa shape index (κ1) is 76.3. The topological polar surface area (TPSA) is 108 Å². The highest BCUT2D eigenvalue weighted by Gasteiger charge is 2.25. The lowest BCUT2D eigenvalue weighted by atomic mass is 10.0. The number of hydrogen-bond donors (Lipinski definition) is 1. The van der Waals surface area contributed by atoms with Crippen molar-refractivity contribution in [3.8, 4) is 0 Å². The van der Waals surface area contributed by atoms with Crippen LogP contribution in [0.1, 0.15) is 367 Å². The zero-order valence-electron chi connectivity index (χ0n) is 53.1. The standard InChI is InChI=1S/C69H135NO8/c1-6-8-10-12-14-16-18-20-22-24-25-26-27-28-29-30-31-32-33-34-35-36-37-38-39-40-41-42-44-46-48-50-52-54-56-58-60-67(72)78-65(64-77-69(68(73)74)75-62-61-70(3,4)5)63-76-66(71)59-57-55-53-51-49-47-45-43-23-21-19-17-15-13-11-9-7-2/h65,69H,6-64H2,1-5H3/p+1. The van der Waals surface area contributed by atoms with Crippen LogP contribution in [-0.2, 0) is 33.3 Å². The highest BCUT2D eigenvalue weighted by atomic mass is 16.7. The van der Waals surface area contributed by atoms with Crippen LogP contribution < -0.4 is 0 Å². The van der Waals surface area contributed by atoms with Crippen LogP contribution in [-0.4, -0.2) is 87.4 Å². The second kappa shape index (κ2) is 61.4. The third-order valence-corrected chi connectivity index (χ3v) is 16.1. The number of rotatable bonds is 66. The van der Waals surface area contributed by atoms with Crippen LogP contribution in [0.25, 0.3) is 0 Å². The Bertz CT molecular complexity index is 1240. The van der Waals surface area contributed by atoms with E-state index in [1.54, 1.807) is 0 Å². The monoisotopic (exact) mass is 1110 g/mol. The van der Waals surface area contributed by atoms with Crippen molar-refractivity contribution in [1.82, 2.24) is 0 Å². The van der Waals surface area contributed by atoms with E-state index in [1.165, 1.54) is 302 Å². The Kier molecular flexibility index (Phi) is 60.0. The summed E-state index contributed by atoms with van der Waals surface area (Å²) in [4.78, 5) is 37.5. The maximum absolute atomic E-state index is 12.9. The Balaban J connectivity index is 3.95. The largest absolute Gasteiger partial charge is 0.477 e. The van der Waals surface area contributed by atoms with E-state index < -0.39 is 18.4 Å². The fraction of sp³-hybridized carbons (Fsp3) is 0.957. The van der Waals surface area contributed by atoms with E-state index in [0.29, 0.717) is 17.4 Å². The van der Waals surface area contributed by atoms with E-state index in [4.69, 9.17) is 18.9 Å². The van der Waals surface area contributed by atoms with Crippen LogP contribution in [0.3, 0.4) is 0 Å². The minimum atomic E-state index is -1.50. The molecule has 2 unspecified atom stereocenters. The minimum Gasteiger partial charge on any atom is -0.477 e. The normalized spacial score (nSPS) is 12.6. The Hall–Kier alpha value is -1.71. The number of nitrogens with zero attached hydrogens (tertiary/aromatic N) is 1. The molecule has 0 amide bonds. The first-order chi connectivity index (χ1) is 38.1. The minimum absolute atomic E-state index is 0.172. The van der Waals surface area contributed by atoms with Gasteiger partial charge in [-0.2, -0.15) is 0 Å². The van der Waals surface area contributed by atoms with Crippen LogP contribution in [0.2, 0.25) is 0 Å². The van der Waals surface area contributed by atoms with Gasteiger partial charge in [0.1, 0.15) is 13.2 Å². The molecule has 9 nitrogen and oxygen atoms in total. The quantitative estimate of drug-likeness (QED) is 0.0278. The molecule has 0 fully saturated rings. The van der Waals surface area contributed by atoms with Gasteiger partial charge in [0.15, 0.2) is 6.10 Å². The Morgan fingerprint density at radius 2 is 0.577 bits per heavy atom. The van der Waals surface area contributed by atoms with Crippen LogP contribution in [0.4, 0.5) is 0 Å². The molecule has 1 N–H and O–H groups in total. The summed E-state index contributed by atoms with van der Waals surface area (Å²) in [6.45, 7) is 4.96. The summed E-state index contributed by atoms with van der Waals surface area (Å²) in [6.07, 6.45) is 69.5. The maximum Gasteiger partial charge on any atom is 0.361 e. The molecule has 0 aromatic carbocycles. The van der Waals surface area contributed by atoms with E-state index in [2.05, 4.69) is 13.8 Å². The van der Waals surface area contributed by atoms with Crippen LogP contribution in [0, 0.1) is 0 Å². The van der Waals surface area contributed by atoms with E-state index in [-0.39, 0.29) is 38.2 Å². The lowest BCUT2D eigenvalue weighted by molar-refractivity contribution is -0.870. The average Bonchev–Trinajstić information content (AvgIpc) is 3.41. The number of aliphatic carboxylic acids is 1. The molecule has 0 rings (SSSR count). The SMILES string of the molecule is CCCCCCCCCCCCCCCCCCCCCCCCCCCCCCCCCCCCCCC(=O)OC(COC(=O)CCCCCCCCCCCCCCCCCCC)COC(OCC[N+](C)(C)C)C(=O)O. The van der Waals surface area contributed by atoms with Gasteiger partial charge in [-0.3, -0.25) is 9.59 Å². The number of carbonyl (C=O) groups is 3. The number of esters is 2. The smallest absolute Gasteiger partial charge is 0.361 e. The molecule has 78 heavy (non-hydrogen) atoms. The van der Waals surface area contributed by atoms with E-state index >= 15 is 0 Å². The van der Waals surface area contributed by atoms with Gasteiger partial charge in [0.25, 0.3) is 6.29 Å². The van der Waals surface area contributed by atoms with Crippen molar-refractivity contribution in [2.75, 3.05) is 47.5 Å². The van der Waals surface area contributed by atoms with Crippen molar-refractivity contribution >= 4 is 17.9 Å². The Labute approximate surface area is 485 Å². The van der Waals surface area contributed by atoms with Crippen molar-refractivity contribution in [2.24, 2.45) is 0 Å². The fourth-order valence-electron chi connectivity index (χ4n) is 10.8. The third-order valence-electron chi connectivity index (χ3n) is 16.1. The summed E-state index contributed by atoms with van der Waals surface area (Å²) < 4.78 is 23.0. The van der Waals surface area contributed by atoms with Gasteiger partial charge in [0.2, 0.25) is 0 Å². The molecular formula is C69H136NO8+. The highest BCUT2D eigenvalue weighted by molar-refractivity contribution is 5.71. The summed E-state index contributed by atoms with van der Waals surface area (Å²) in [5.41, 5.74) is 0. The van der Waals surface area contributed by atoms with Crippen molar-refractivity contribution in [2.45, 2.75) is 379 Å². The third kappa shape index (κ3) is 61.9. The van der Waals surface area contributed by atoms with Crippen LogP contribution >= 0.6 is 0 Å². The number of unbranched alkanes of at least 4 members (excludes halogenated alkanes) is 51. The van der Waals surface area contributed by atoms with E-state index in [9.17, 15) is 19.5 Å². The molecule has 0 aliphatic rings. The number of carbonyl (C=O) groups excluding carboxylic acids is 2. The van der Waals surface area contributed by atoms with Crippen molar-refractivity contribution in [1.29, 1.82) is 0 Å². The molecule has 2 atom stereocenters. The van der Waals surface area contributed by atoms with Crippen molar-refractivity contribution in [3.63, 3.8) is 0 Å². The van der Waals surface area contributed by atoms with Gasteiger partial charge in [-0.1, -0.05) is 341 Å². The highest BCUT2D eigenvalue weighted by Crippen LogP contribution is 2.19. The van der Waals surface area contributed by atoms with Gasteiger partial charge >= 0.3 is 17.9 Å². The fourth-order valence-corrected chi connectivity index (χ4v) is 10.8.